The number of carbonyl (C=O) groups excluding carboxylic acids is 1. The minimum Gasteiger partial charge on any atom is -0.362 e. The molecule has 0 bridgehead atoms. The van der Waals surface area contributed by atoms with Crippen molar-refractivity contribution in [3.8, 4) is 0 Å². The molecule has 0 aliphatic heterocycles. The van der Waals surface area contributed by atoms with Gasteiger partial charge in [0.25, 0.3) is 0 Å². The van der Waals surface area contributed by atoms with Crippen molar-refractivity contribution in [1.82, 2.24) is 10.6 Å². The monoisotopic (exact) mass is 390 g/mol. The number of thiocarbonyl (C=S) groups is 1. The Morgan fingerprint density at radius 3 is 2.44 bits per heavy atom. The summed E-state index contributed by atoms with van der Waals surface area (Å²) < 4.78 is 0. The molecular formula is C21H34N4OS. The van der Waals surface area contributed by atoms with Crippen LogP contribution in [0.15, 0.2) is 24.3 Å². The van der Waals surface area contributed by atoms with Gasteiger partial charge >= 0.3 is 0 Å². The van der Waals surface area contributed by atoms with Crippen LogP contribution in [0.1, 0.15) is 51.0 Å². The number of nitrogens with one attached hydrogen (secondary N) is 3. The molecule has 1 aliphatic rings. The van der Waals surface area contributed by atoms with Gasteiger partial charge in [0, 0.05) is 24.7 Å². The molecule has 1 aliphatic carbocycles. The van der Waals surface area contributed by atoms with E-state index in [-0.39, 0.29) is 11.8 Å². The molecule has 150 valence electrons. The van der Waals surface area contributed by atoms with Crippen molar-refractivity contribution in [3.05, 3.63) is 29.8 Å². The highest BCUT2D eigenvalue weighted by atomic mass is 32.1. The van der Waals surface area contributed by atoms with E-state index in [4.69, 9.17) is 18.0 Å². The van der Waals surface area contributed by atoms with Gasteiger partial charge in [-0.3, -0.25) is 4.79 Å². The average Bonchev–Trinajstić information content (AvgIpc) is 2.70. The second kappa shape index (κ2) is 11.9. The normalized spacial score (nSPS) is 19.3. The van der Waals surface area contributed by atoms with Crippen molar-refractivity contribution in [2.24, 2.45) is 17.6 Å². The van der Waals surface area contributed by atoms with Gasteiger partial charge in [-0.2, -0.15) is 0 Å². The van der Waals surface area contributed by atoms with E-state index >= 15 is 0 Å². The highest BCUT2D eigenvalue weighted by Crippen LogP contribution is 2.28. The average molecular weight is 391 g/mol. The van der Waals surface area contributed by atoms with Gasteiger partial charge in [0.1, 0.15) is 0 Å². The summed E-state index contributed by atoms with van der Waals surface area (Å²) in [6.45, 7) is 4.45. The van der Waals surface area contributed by atoms with Crippen LogP contribution in [0.2, 0.25) is 0 Å². The first-order valence-corrected chi connectivity index (χ1v) is 10.6. The molecule has 0 spiro atoms. The van der Waals surface area contributed by atoms with Crippen molar-refractivity contribution in [2.75, 3.05) is 25.0 Å². The number of unbranched alkanes of at least 4 members (excludes halogenated alkanes) is 1. The van der Waals surface area contributed by atoms with E-state index in [1.807, 2.05) is 0 Å². The molecule has 27 heavy (non-hydrogen) atoms. The standard InChI is InChI=1S/C21H34N4OS/c1-2-16-7-11-19(12-8-16)25-21(27)24-15-17-5-9-18(10-6-17)20(26)23-14-4-3-13-22/h7-8,11-12,17-18H,2-6,9-10,13-15,22H2,1H3,(H,23,26)(H2,24,25,27). The molecule has 0 aromatic heterocycles. The minimum absolute atomic E-state index is 0.168. The van der Waals surface area contributed by atoms with Crippen molar-refractivity contribution in [2.45, 2.75) is 51.9 Å². The lowest BCUT2D eigenvalue weighted by Crippen LogP contribution is -2.37. The smallest absolute Gasteiger partial charge is 0.223 e. The van der Waals surface area contributed by atoms with Crippen LogP contribution in [0.4, 0.5) is 5.69 Å². The molecule has 1 amide bonds. The van der Waals surface area contributed by atoms with E-state index < -0.39 is 0 Å². The van der Waals surface area contributed by atoms with Gasteiger partial charge in [-0.1, -0.05) is 19.1 Å². The van der Waals surface area contributed by atoms with E-state index in [1.54, 1.807) is 0 Å². The SMILES string of the molecule is CCc1ccc(NC(=S)NCC2CCC(C(=O)NCCCCN)CC2)cc1. The number of nitrogens with two attached hydrogens (primary N) is 1. The maximum absolute atomic E-state index is 12.2. The van der Waals surface area contributed by atoms with Gasteiger partial charge in [-0.05, 0) is 87.3 Å². The summed E-state index contributed by atoms with van der Waals surface area (Å²) in [5.74, 6) is 0.959. The number of anilines is 1. The van der Waals surface area contributed by atoms with E-state index in [2.05, 4.69) is 47.1 Å². The Morgan fingerprint density at radius 1 is 1.11 bits per heavy atom. The van der Waals surface area contributed by atoms with Gasteiger partial charge in [-0.25, -0.2) is 0 Å². The summed E-state index contributed by atoms with van der Waals surface area (Å²) in [4.78, 5) is 12.2. The fourth-order valence-corrected chi connectivity index (χ4v) is 3.69. The molecule has 1 saturated carbocycles. The van der Waals surface area contributed by atoms with Crippen molar-refractivity contribution in [3.63, 3.8) is 0 Å². The Kier molecular flexibility index (Phi) is 9.56. The predicted molar refractivity (Wildman–Crippen MR) is 117 cm³/mol. The Labute approximate surface area is 168 Å². The first-order valence-electron chi connectivity index (χ1n) is 10.2. The number of rotatable bonds is 9. The van der Waals surface area contributed by atoms with Gasteiger partial charge in [0.2, 0.25) is 5.91 Å². The molecule has 1 aromatic rings. The summed E-state index contributed by atoms with van der Waals surface area (Å²) in [5.41, 5.74) is 7.81. The summed E-state index contributed by atoms with van der Waals surface area (Å²) in [7, 11) is 0. The lowest BCUT2D eigenvalue weighted by Gasteiger charge is -2.28. The molecule has 6 heteroatoms. The maximum atomic E-state index is 12.2. The van der Waals surface area contributed by atoms with Crippen LogP contribution in [-0.2, 0) is 11.2 Å². The molecule has 5 N–H and O–H groups in total. The first kappa shape index (κ1) is 21.6. The van der Waals surface area contributed by atoms with Crippen LogP contribution in [0.5, 0.6) is 0 Å². The van der Waals surface area contributed by atoms with Crippen molar-refractivity contribution >= 4 is 28.9 Å². The maximum Gasteiger partial charge on any atom is 0.223 e. The van der Waals surface area contributed by atoms with Gasteiger partial charge < -0.3 is 21.7 Å². The molecule has 0 saturated heterocycles. The molecule has 0 unspecified atom stereocenters. The third-order valence-corrected chi connectivity index (χ3v) is 5.57. The van der Waals surface area contributed by atoms with Crippen molar-refractivity contribution < 1.29 is 4.79 Å². The van der Waals surface area contributed by atoms with Gasteiger partial charge in [0.05, 0.1) is 0 Å². The molecular weight excluding hydrogens is 356 g/mol. The molecule has 1 aromatic carbocycles. The number of amides is 1. The lowest BCUT2D eigenvalue weighted by molar-refractivity contribution is -0.126. The molecule has 0 atom stereocenters. The van der Waals surface area contributed by atoms with Gasteiger partial charge in [0.15, 0.2) is 5.11 Å². The van der Waals surface area contributed by atoms with E-state index in [1.165, 1.54) is 5.56 Å². The van der Waals surface area contributed by atoms with Crippen LogP contribution < -0.4 is 21.7 Å². The van der Waals surface area contributed by atoms with E-state index in [0.717, 1.165) is 63.7 Å². The van der Waals surface area contributed by atoms with Crippen LogP contribution in [-0.4, -0.2) is 30.7 Å². The molecule has 5 nitrogen and oxygen atoms in total. The van der Waals surface area contributed by atoms with Crippen LogP contribution >= 0.6 is 12.2 Å². The first-order chi connectivity index (χ1) is 13.1. The topological polar surface area (TPSA) is 79.2 Å². The van der Waals surface area contributed by atoms with Crippen molar-refractivity contribution in [1.29, 1.82) is 0 Å². The lowest BCUT2D eigenvalue weighted by atomic mass is 9.81. The number of benzene rings is 1. The Morgan fingerprint density at radius 2 is 1.81 bits per heavy atom. The minimum atomic E-state index is 0.168. The van der Waals surface area contributed by atoms with Crippen LogP contribution in [0, 0.1) is 11.8 Å². The second-order valence-corrected chi connectivity index (χ2v) is 7.80. The highest BCUT2D eigenvalue weighted by molar-refractivity contribution is 7.80. The zero-order valence-electron chi connectivity index (χ0n) is 16.4. The fourth-order valence-electron chi connectivity index (χ4n) is 3.49. The molecule has 0 heterocycles. The Hall–Kier alpha value is -1.66. The Bertz CT molecular complexity index is 582. The number of hydrogen-bond acceptors (Lipinski definition) is 3. The molecule has 0 radical (unpaired) electrons. The summed E-state index contributed by atoms with van der Waals surface area (Å²) >= 11 is 5.40. The van der Waals surface area contributed by atoms with E-state index in [0.29, 0.717) is 17.6 Å². The second-order valence-electron chi connectivity index (χ2n) is 7.39. The third-order valence-electron chi connectivity index (χ3n) is 5.32. The molecule has 1 fully saturated rings. The third kappa shape index (κ3) is 7.85. The highest BCUT2D eigenvalue weighted by Gasteiger charge is 2.25. The van der Waals surface area contributed by atoms with Gasteiger partial charge in [-0.15, -0.1) is 0 Å². The fraction of sp³-hybridized carbons (Fsp3) is 0.619. The zero-order chi connectivity index (χ0) is 19.5. The summed E-state index contributed by atoms with van der Waals surface area (Å²) in [5, 5.41) is 10.3. The zero-order valence-corrected chi connectivity index (χ0v) is 17.2. The number of hydrogen-bond donors (Lipinski definition) is 4. The Balaban J connectivity index is 1.62. The quantitative estimate of drug-likeness (QED) is 0.385. The van der Waals surface area contributed by atoms with E-state index in [9.17, 15) is 4.79 Å². The summed E-state index contributed by atoms with van der Waals surface area (Å²) in [6.07, 6.45) is 7.05. The van der Waals surface area contributed by atoms with Crippen LogP contribution in [0.25, 0.3) is 0 Å². The van der Waals surface area contributed by atoms with Crippen LogP contribution in [0.3, 0.4) is 0 Å². The molecule has 2 rings (SSSR count). The number of carbonyl (C=O) groups is 1. The number of aryl methyl sites for hydroxylation is 1. The largest absolute Gasteiger partial charge is 0.362 e. The summed E-state index contributed by atoms with van der Waals surface area (Å²) in [6, 6.07) is 8.36. The predicted octanol–water partition coefficient (Wildman–Crippen LogP) is 3.20.